The topological polar surface area (TPSA) is 3.24 Å². The molecule has 14 heavy (non-hydrogen) atoms. The van der Waals surface area contributed by atoms with Crippen LogP contribution in [0.5, 0.6) is 0 Å². The summed E-state index contributed by atoms with van der Waals surface area (Å²) in [6.45, 7) is 5.99. The van der Waals surface area contributed by atoms with Gasteiger partial charge in [0.25, 0.3) is 0 Å². The molecule has 77 valence electrons. The van der Waals surface area contributed by atoms with Crippen LogP contribution in [0.2, 0.25) is 0 Å². The van der Waals surface area contributed by atoms with E-state index in [-0.39, 0.29) is 5.82 Å². The third-order valence-electron chi connectivity index (χ3n) is 2.09. The zero-order chi connectivity index (χ0) is 10.4. The minimum absolute atomic E-state index is 0.172. The number of anilines is 1. The van der Waals surface area contributed by atoms with Gasteiger partial charge in [-0.1, -0.05) is 26.0 Å². The third kappa shape index (κ3) is 2.72. The fourth-order valence-electron chi connectivity index (χ4n) is 1.53. The highest BCUT2D eigenvalue weighted by Crippen LogP contribution is 2.18. The first-order valence-corrected chi connectivity index (χ1v) is 5.20. The number of benzene rings is 1. The van der Waals surface area contributed by atoms with Crippen LogP contribution in [0.3, 0.4) is 0 Å². The Kier molecular flexibility index (Phi) is 4.44. The summed E-state index contributed by atoms with van der Waals surface area (Å²) in [5.41, 5.74) is 0.608. The molecule has 0 aliphatic heterocycles. The molecular formula is C12H17FN. The Bertz CT molecular complexity index is 267. The van der Waals surface area contributed by atoms with Gasteiger partial charge in [-0.05, 0) is 18.9 Å². The lowest BCUT2D eigenvalue weighted by molar-refractivity contribution is 0.613. The maximum absolute atomic E-state index is 13.4. The number of hydrogen-bond donors (Lipinski definition) is 0. The van der Waals surface area contributed by atoms with Gasteiger partial charge in [0.1, 0.15) is 5.82 Å². The van der Waals surface area contributed by atoms with Crippen LogP contribution in [-0.2, 0) is 0 Å². The van der Waals surface area contributed by atoms with Gasteiger partial charge in [0, 0.05) is 19.2 Å². The quantitative estimate of drug-likeness (QED) is 0.695. The van der Waals surface area contributed by atoms with Gasteiger partial charge >= 0.3 is 0 Å². The van der Waals surface area contributed by atoms with Gasteiger partial charge in [-0.2, -0.15) is 0 Å². The molecule has 0 heterocycles. The zero-order valence-electron chi connectivity index (χ0n) is 8.89. The predicted molar refractivity (Wildman–Crippen MR) is 58.0 cm³/mol. The van der Waals surface area contributed by atoms with E-state index in [1.165, 1.54) is 6.07 Å². The van der Waals surface area contributed by atoms with Crippen molar-refractivity contribution in [1.29, 1.82) is 0 Å². The highest BCUT2D eigenvalue weighted by Gasteiger charge is 2.08. The molecule has 0 amide bonds. The van der Waals surface area contributed by atoms with E-state index in [4.69, 9.17) is 0 Å². The van der Waals surface area contributed by atoms with Gasteiger partial charge in [-0.3, -0.25) is 0 Å². The van der Waals surface area contributed by atoms with Crippen molar-refractivity contribution in [2.24, 2.45) is 0 Å². The van der Waals surface area contributed by atoms with Gasteiger partial charge in [-0.15, -0.1) is 0 Å². The van der Waals surface area contributed by atoms with Crippen molar-refractivity contribution < 1.29 is 4.39 Å². The second-order valence-electron chi connectivity index (χ2n) is 3.35. The van der Waals surface area contributed by atoms with Gasteiger partial charge < -0.3 is 4.90 Å². The van der Waals surface area contributed by atoms with Crippen molar-refractivity contribution in [3.63, 3.8) is 0 Å². The Morgan fingerprint density at radius 1 is 1.29 bits per heavy atom. The largest absolute Gasteiger partial charge is 0.369 e. The first-order valence-electron chi connectivity index (χ1n) is 5.20. The number of nitrogens with zero attached hydrogens (tertiary/aromatic N) is 1. The average Bonchev–Trinajstić information content (AvgIpc) is 2.18. The van der Waals surface area contributed by atoms with E-state index in [0.29, 0.717) is 5.69 Å². The standard InChI is InChI=1S/C12H17FN/c1-3-9-14(10-4-2)12-8-6-5-7-11(12)13/h5-7H,3-4,9-10H2,1-2H3. The van der Waals surface area contributed by atoms with Crippen LogP contribution in [0.4, 0.5) is 10.1 Å². The van der Waals surface area contributed by atoms with Crippen molar-refractivity contribution in [1.82, 2.24) is 0 Å². The fraction of sp³-hybridized carbons (Fsp3) is 0.500. The van der Waals surface area contributed by atoms with E-state index in [0.717, 1.165) is 25.9 Å². The van der Waals surface area contributed by atoms with Crippen molar-refractivity contribution in [3.05, 3.63) is 30.1 Å². The molecule has 0 saturated carbocycles. The lowest BCUT2D eigenvalue weighted by Crippen LogP contribution is -2.25. The van der Waals surface area contributed by atoms with Crippen LogP contribution in [0.1, 0.15) is 26.7 Å². The lowest BCUT2D eigenvalue weighted by atomic mass is 10.2. The molecule has 2 heteroatoms. The number of rotatable bonds is 5. The Balaban J connectivity index is 2.81. The SMILES string of the molecule is CCCN(CCC)c1[c]cccc1F. The molecule has 0 spiro atoms. The van der Waals surface area contributed by atoms with Gasteiger partial charge in [0.2, 0.25) is 0 Å². The highest BCUT2D eigenvalue weighted by atomic mass is 19.1. The van der Waals surface area contributed by atoms with E-state index in [9.17, 15) is 4.39 Å². The second kappa shape index (κ2) is 5.63. The molecule has 0 unspecified atom stereocenters. The van der Waals surface area contributed by atoms with E-state index >= 15 is 0 Å². The normalized spacial score (nSPS) is 10.2. The predicted octanol–water partition coefficient (Wildman–Crippen LogP) is 3.25. The maximum Gasteiger partial charge on any atom is 0.147 e. The Morgan fingerprint density at radius 3 is 2.43 bits per heavy atom. The van der Waals surface area contributed by atoms with Crippen LogP contribution >= 0.6 is 0 Å². The molecule has 0 saturated heterocycles. The van der Waals surface area contributed by atoms with Crippen LogP contribution < -0.4 is 4.90 Å². The molecule has 0 fully saturated rings. The minimum Gasteiger partial charge on any atom is -0.369 e. The summed E-state index contributed by atoms with van der Waals surface area (Å²) < 4.78 is 13.4. The summed E-state index contributed by atoms with van der Waals surface area (Å²) in [5.74, 6) is -0.172. The molecule has 1 rings (SSSR count). The number of halogens is 1. The zero-order valence-corrected chi connectivity index (χ0v) is 8.89. The van der Waals surface area contributed by atoms with Crippen LogP contribution in [0.15, 0.2) is 18.2 Å². The molecule has 0 atom stereocenters. The van der Waals surface area contributed by atoms with E-state index in [1.807, 2.05) is 0 Å². The maximum atomic E-state index is 13.4. The lowest BCUT2D eigenvalue weighted by Gasteiger charge is -2.23. The van der Waals surface area contributed by atoms with Gasteiger partial charge in [-0.25, -0.2) is 4.39 Å². The Hall–Kier alpha value is -1.05. The third-order valence-corrected chi connectivity index (χ3v) is 2.09. The van der Waals surface area contributed by atoms with Crippen molar-refractivity contribution in [2.45, 2.75) is 26.7 Å². The highest BCUT2D eigenvalue weighted by molar-refractivity contribution is 5.46. The van der Waals surface area contributed by atoms with Crippen LogP contribution in [-0.4, -0.2) is 13.1 Å². The van der Waals surface area contributed by atoms with E-state index in [1.54, 1.807) is 12.1 Å². The van der Waals surface area contributed by atoms with Gasteiger partial charge in [0.05, 0.1) is 5.69 Å². The van der Waals surface area contributed by atoms with Crippen molar-refractivity contribution in [2.75, 3.05) is 18.0 Å². The molecule has 1 nitrogen and oxygen atoms in total. The Morgan fingerprint density at radius 2 is 1.93 bits per heavy atom. The summed E-state index contributed by atoms with van der Waals surface area (Å²) in [6.07, 6.45) is 2.06. The van der Waals surface area contributed by atoms with Gasteiger partial charge in [0.15, 0.2) is 0 Å². The molecular weight excluding hydrogens is 177 g/mol. The molecule has 0 N–H and O–H groups in total. The van der Waals surface area contributed by atoms with Crippen molar-refractivity contribution >= 4 is 5.69 Å². The molecule has 1 aromatic rings. The Labute approximate surface area is 85.5 Å². The summed E-state index contributed by atoms with van der Waals surface area (Å²) >= 11 is 0. The average molecular weight is 194 g/mol. The smallest absolute Gasteiger partial charge is 0.147 e. The molecule has 0 bridgehead atoms. The molecule has 0 aliphatic rings. The summed E-state index contributed by atoms with van der Waals surface area (Å²) in [6, 6.07) is 7.88. The first kappa shape index (κ1) is 11.0. The molecule has 1 aromatic carbocycles. The second-order valence-corrected chi connectivity index (χ2v) is 3.35. The van der Waals surface area contributed by atoms with Crippen LogP contribution in [0, 0.1) is 11.9 Å². The van der Waals surface area contributed by atoms with E-state index in [2.05, 4.69) is 24.8 Å². The van der Waals surface area contributed by atoms with Crippen molar-refractivity contribution in [3.8, 4) is 0 Å². The number of hydrogen-bond acceptors (Lipinski definition) is 1. The summed E-state index contributed by atoms with van der Waals surface area (Å²) in [5, 5.41) is 0. The minimum atomic E-state index is -0.172. The monoisotopic (exact) mass is 194 g/mol. The van der Waals surface area contributed by atoms with E-state index < -0.39 is 0 Å². The fourth-order valence-corrected chi connectivity index (χ4v) is 1.53. The summed E-state index contributed by atoms with van der Waals surface area (Å²) in [7, 11) is 0. The summed E-state index contributed by atoms with van der Waals surface area (Å²) in [4.78, 5) is 2.05. The number of para-hydroxylation sites is 1. The molecule has 0 aliphatic carbocycles. The molecule has 0 aromatic heterocycles. The van der Waals surface area contributed by atoms with Crippen LogP contribution in [0.25, 0.3) is 0 Å². The first-order chi connectivity index (χ1) is 6.79. The molecule has 1 radical (unpaired) electrons.